The predicted molar refractivity (Wildman–Crippen MR) is 53.7 cm³/mol. The van der Waals surface area contributed by atoms with E-state index in [0.717, 1.165) is 18.6 Å². The lowest BCUT2D eigenvalue weighted by atomic mass is 10.1. The normalized spacial score (nSPS) is 13.3. The molecule has 0 aromatic carbocycles. The standard InChI is InChI=1S/C8H12OS2/c10-6-8(11)2-1-7-3-4-9-5-7/h3-5,8,10-11H,1-2,6H2/t8-/m1/s1. The van der Waals surface area contributed by atoms with Crippen molar-refractivity contribution in [3.05, 3.63) is 24.2 Å². The number of thiol groups is 2. The average molecular weight is 188 g/mol. The van der Waals surface area contributed by atoms with Gasteiger partial charge < -0.3 is 4.42 Å². The molecule has 0 aliphatic heterocycles. The van der Waals surface area contributed by atoms with E-state index >= 15 is 0 Å². The van der Waals surface area contributed by atoms with Gasteiger partial charge in [0.2, 0.25) is 0 Å². The van der Waals surface area contributed by atoms with Crippen LogP contribution in [0.4, 0.5) is 0 Å². The molecule has 0 fully saturated rings. The van der Waals surface area contributed by atoms with Crippen LogP contribution < -0.4 is 0 Å². The maximum Gasteiger partial charge on any atom is 0.0934 e. The van der Waals surface area contributed by atoms with E-state index in [9.17, 15) is 0 Å². The highest BCUT2D eigenvalue weighted by molar-refractivity contribution is 7.84. The van der Waals surface area contributed by atoms with E-state index in [2.05, 4.69) is 25.3 Å². The van der Waals surface area contributed by atoms with Gasteiger partial charge in [-0.25, -0.2) is 0 Å². The van der Waals surface area contributed by atoms with Crippen LogP contribution in [0.25, 0.3) is 0 Å². The molecule has 0 radical (unpaired) electrons. The summed E-state index contributed by atoms with van der Waals surface area (Å²) in [5.74, 6) is 0.834. The Hall–Kier alpha value is -0.0200. The Labute approximate surface area is 78.0 Å². The third-order valence-electron chi connectivity index (χ3n) is 1.56. The van der Waals surface area contributed by atoms with Gasteiger partial charge in [0.25, 0.3) is 0 Å². The summed E-state index contributed by atoms with van der Waals surface area (Å²) < 4.78 is 4.94. The second-order valence-corrected chi connectivity index (χ2v) is 3.60. The highest BCUT2D eigenvalue weighted by atomic mass is 32.1. The van der Waals surface area contributed by atoms with Crippen LogP contribution in [-0.4, -0.2) is 11.0 Å². The molecule has 0 spiro atoms. The molecule has 1 rings (SSSR count). The minimum Gasteiger partial charge on any atom is -0.472 e. The Kier molecular flexibility index (Phi) is 3.94. The maximum atomic E-state index is 4.94. The molecule has 0 amide bonds. The van der Waals surface area contributed by atoms with E-state index in [1.165, 1.54) is 5.56 Å². The fraction of sp³-hybridized carbons (Fsp3) is 0.500. The van der Waals surface area contributed by atoms with Crippen molar-refractivity contribution in [3.8, 4) is 0 Å². The van der Waals surface area contributed by atoms with Gasteiger partial charge in [0, 0.05) is 11.0 Å². The quantitative estimate of drug-likeness (QED) is 0.692. The van der Waals surface area contributed by atoms with Crippen LogP contribution in [0.2, 0.25) is 0 Å². The van der Waals surface area contributed by atoms with Gasteiger partial charge in [-0.1, -0.05) is 0 Å². The van der Waals surface area contributed by atoms with E-state index in [-0.39, 0.29) is 0 Å². The van der Waals surface area contributed by atoms with Gasteiger partial charge in [0.05, 0.1) is 12.5 Å². The molecule has 0 aliphatic rings. The van der Waals surface area contributed by atoms with Gasteiger partial charge in [-0.3, -0.25) is 0 Å². The Bertz CT molecular complexity index is 184. The van der Waals surface area contributed by atoms with Crippen molar-refractivity contribution in [2.45, 2.75) is 18.1 Å². The molecular formula is C8H12OS2. The first-order valence-corrected chi connectivity index (χ1v) is 4.78. The monoisotopic (exact) mass is 188 g/mol. The predicted octanol–water partition coefficient (Wildman–Crippen LogP) is 2.44. The largest absolute Gasteiger partial charge is 0.472 e. The summed E-state index contributed by atoms with van der Waals surface area (Å²) in [6.45, 7) is 0. The molecule has 0 aliphatic carbocycles. The Morgan fingerprint density at radius 1 is 1.55 bits per heavy atom. The summed E-state index contributed by atoms with van der Waals surface area (Å²) in [6, 6.07) is 1.99. The summed E-state index contributed by atoms with van der Waals surface area (Å²) in [6.07, 6.45) is 5.57. The first-order valence-electron chi connectivity index (χ1n) is 3.63. The van der Waals surface area contributed by atoms with E-state index in [1.807, 2.05) is 6.07 Å². The summed E-state index contributed by atoms with van der Waals surface area (Å²) in [4.78, 5) is 0. The number of hydrogen-bond acceptors (Lipinski definition) is 3. The van der Waals surface area contributed by atoms with Crippen molar-refractivity contribution >= 4 is 25.3 Å². The lowest BCUT2D eigenvalue weighted by molar-refractivity contribution is 0.563. The Morgan fingerprint density at radius 3 is 2.91 bits per heavy atom. The first-order chi connectivity index (χ1) is 5.33. The van der Waals surface area contributed by atoms with Gasteiger partial charge in [-0.05, 0) is 24.5 Å². The molecule has 1 aromatic rings. The van der Waals surface area contributed by atoms with Gasteiger partial charge in [0.15, 0.2) is 0 Å². The topological polar surface area (TPSA) is 13.1 Å². The van der Waals surface area contributed by atoms with Crippen LogP contribution >= 0.6 is 25.3 Å². The average Bonchev–Trinajstić information content (AvgIpc) is 2.52. The minimum absolute atomic E-state index is 0.397. The fourth-order valence-electron chi connectivity index (χ4n) is 0.859. The van der Waals surface area contributed by atoms with Crippen molar-refractivity contribution in [3.63, 3.8) is 0 Å². The van der Waals surface area contributed by atoms with Crippen LogP contribution in [0, 0.1) is 0 Å². The second kappa shape index (κ2) is 4.78. The number of hydrogen-bond donors (Lipinski definition) is 2. The zero-order chi connectivity index (χ0) is 8.10. The maximum absolute atomic E-state index is 4.94. The van der Waals surface area contributed by atoms with E-state index in [4.69, 9.17) is 4.42 Å². The lowest BCUT2D eigenvalue weighted by Gasteiger charge is -2.03. The minimum atomic E-state index is 0.397. The molecule has 1 heterocycles. The smallest absolute Gasteiger partial charge is 0.0934 e. The molecular weight excluding hydrogens is 176 g/mol. The van der Waals surface area contributed by atoms with Crippen LogP contribution in [0.15, 0.2) is 23.0 Å². The van der Waals surface area contributed by atoms with E-state index in [0.29, 0.717) is 5.25 Å². The van der Waals surface area contributed by atoms with Gasteiger partial charge in [-0.2, -0.15) is 25.3 Å². The Morgan fingerprint density at radius 2 is 2.36 bits per heavy atom. The summed E-state index contributed by atoms with van der Waals surface area (Å²) in [5, 5.41) is 0.397. The number of rotatable bonds is 4. The van der Waals surface area contributed by atoms with Crippen LogP contribution in [0.1, 0.15) is 12.0 Å². The zero-order valence-electron chi connectivity index (χ0n) is 6.23. The van der Waals surface area contributed by atoms with E-state index < -0.39 is 0 Å². The van der Waals surface area contributed by atoms with Gasteiger partial charge in [0.1, 0.15) is 0 Å². The molecule has 0 unspecified atom stereocenters. The zero-order valence-corrected chi connectivity index (χ0v) is 8.02. The lowest BCUT2D eigenvalue weighted by Crippen LogP contribution is -2.01. The van der Waals surface area contributed by atoms with Gasteiger partial charge >= 0.3 is 0 Å². The summed E-state index contributed by atoms with van der Waals surface area (Å²) >= 11 is 8.48. The van der Waals surface area contributed by atoms with Crippen LogP contribution in [0.3, 0.4) is 0 Å². The highest BCUT2D eigenvalue weighted by Gasteiger charge is 2.01. The molecule has 0 N–H and O–H groups in total. The van der Waals surface area contributed by atoms with Crippen LogP contribution in [0.5, 0.6) is 0 Å². The van der Waals surface area contributed by atoms with Crippen molar-refractivity contribution in [2.24, 2.45) is 0 Å². The fourth-order valence-corrected chi connectivity index (χ4v) is 1.17. The van der Waals surface area contributed by atoms with Gasteiger partial charge in [-0.15, -0.1) is 0 Å². The number of furan rings is 1. The van der Waals surface area contributed by atoms with Crippen molar-refractivity contribution in [2.75, 3.05) is 5.75 Å². The second-order valence-electron chi connectivity index (χ2n) is 2.51. The van der Waals surface area contributed by atoms with Crippen molar-refractivity contribution in [1.29, 1.82) is 0 Å². The molecule has 0 saturated carbocycles. The summed E-state index contributed by atoms with van der Waals surface area (Å²) in [7, 11) is 0. The third kappa shape index (κ3) is 3.25. The Balaban J connectivity index is 2.23. The highest BCUT2D eigenvalue weighted by Crippen LogP contribution is 2.10. The molecule has 62 valence electrons. The SMILES string of the molecule is SC[C@H](S)CCc1ccoc1. The molecule has 11 heavy (non-hydrogen) atoms. The molecule has 0 bridgehead atoms. The molecule has 1 aromatic heterocycles. The molecule has 1 atom stereocenters. The molecule has 3 heteroatoms. The summed E-state index contributed by atoms with van der Waals surface area (Å²) in [5.41, 5.74) is 1.24. The van der Waals surface area contributed by atoms with Crippen molar-refractivity contribution < 1.29 is 4.42 Å². The van der Waals surface area contributed by atoms with E-state index in [1.54, 1.807) is 12.5 Å². The first kappa shape index (κ1) is 9.07. The van der Waals surface area contributed by atoms with Crippen LogP contribution in [-0.2, 0) is 6.42 Å². The third-order valence-corrected chi connectivity index (χ3v) is 2.73. The molecule has 1 nitrogen and oxygen atoms in total. The van der Waals surface area contributed by atoms with Crippen molar-refractivity contribution in [1.82, 2.24) is 0 Å². The molecule has 0 saturated heterocycles. The number of aryl methyl sites for hydroxylation is 1.